The fourth-order valence-electron chi connectivity index (χ4n) is 1.79. The van der Waals surface area contributed by atoms with Crippen molar-refractivity contribution in [2.24, 2.45) is 5.92 Å². The summed E-state index contributed by atoms with van der Waals surface area (Å²) >= 11 is 0. The molecule has 0 spiro atoms. The molecular formula is C10H19N3O2. The third kappa shape index (κ3) is 3.51. The molecule has 0 radical (unpaired) electrons. The summed E-state index contributed by atoms with van der Waals surface area (Å²) in [6.07, 6.45) is 1.77. The molecule has 15 heavy (non-hydrogen) atoms. The molecule has 0 aliphatic carbocycles. The summed E-state index contributed by atoms with van der Waals surface area (Å²) in [6, 6.07) is 0. The molecule has 1 rings (SSSR count). The molecule has 1 heterocycles. The van der Waals surface area contributed by atoms with Gasteiger partial charge in [0.1, 0.15) is 0 Å². The maximum Gasteiger partial charge on any atom is 0.239 e. The maximum absolute atomic E-state index is 11.7. The van der Waals surface area contributed by atoms with E-state index in [1.807, 2.05) is 0 Å². The predicted molar refractivity (Wildman–Crippen MR) is 56.8 cm³/mol. The van der Waals surface area contributed by atoms with Crippen molar-refractivity contribution < 1.29 is 9.59 Å². The second-order valence-electron chi connectivity index (χ2n) is 4.17. The number of nitrogens with one attached hydrogen (secondary N) is 1. The van der Waals surface area contributed by atoms with Crippen molar-refractivity contribution in [3.8, 4) is 0 Å². The number of hydrazine groups is 1. The first-order chi connectivity index (χ1) is 7.00. The number of nitrogens with zero attached hydrogens (tertiary/aromatic N) is 2. The fraction of sp³-hybridized carbons (Fsp3) is 0.800. The number of rotatable bonds is 2. The highest BCUT2D eigenvalue weighted by Gasteiger charge is 2.26. The highest BCUT2D eigenvalue weighted by Crippen LogP contribution is 2.16. The van der Waals surface area contributed by atoms with Gasteiger partial charge in [-0.3, -0.25) is 15.0 Å². The minimum absolute atomic E-state index is 0.00551. The zero-order valence-electron chi connectivity index (χ0n) is 9.62. The van der Waals surface area contributed by atoms with Crippen LogP contribution in [0.1, 0.15) is 19.8 Å². The van der Waals surface area contributed by atoms with E-state index in [0.29, 0.717) is 6.54 Å². The first-order valence-electron chi connectivity index (χ1n) is 5.24. The van der Waals surface area contributed by atoms with Crippen molar-refractivity contribution in [1.29, 1.82) is 0 Å². The summed E-state index contributed by atoms with van der Waals surface area (Å²) in [6.45, 7) is 2.88. The van der Waals surface area contributed by atoms with Gasteiger partial charge in [0.15, 0.2) is 0 Å². The Bertz CT molecular complexity index is 253. The van der Waals surface area contributed by atoms with Gasteiger partial charge >= 0.3 is 0 Å². The molecule has 0 bridgehead atoms. The summed E-state index contributed by atoms with van der Waals surface area (Å²) in [7, 11) is 3.56. The average molecular weight is 213 g/mol. The van der Waals surface area contributed by atoms with Crippen LogP contribution in [0.2, 0.25) is 0 Å². The Morgan fingerprint density at radius 2 is 2.07 bits per heavy atom. The molecule has 5 heteroatoms. The molecule has 0 aromatic rings. The van der Waals surface area contributed by atoms with Gasteiger partial charge in [0.05, 0.1) is 5.92 Å². The van der Waals surface area contributed by atoms with E-state index in [9.17, 15) is 9.59 Å². The van der Waals surface area contributed by atoms with Crippen LogP contribution >= 0.6 is 0 Å². The molecule has 0 unspecified atom stereocenters. The van der Waals surface area contributed by atoms with Gasteiger partial charge in [-0.2, -0.15) is 0 Å². The van der Waals surface area contributed by atoms with E-state index in [-0.39, 0.29) is 17.7 Å². The molecule has 1 N–H and O–H groups in total. The van der Waals surface area contributed by atoms with Gasteiger partial charge in [0.25, 0.3) is 0 Å². The van der Waals surface area contributed by atoms with Gasteiger partial charge in [0, 0.05) is 34.1 Å². The average Bonchev–Trinajstić information content (AvgIpc) is 2.17. The van der Waals surface area contributed by atoms with E-state index < -0.39 is 0 Å². The van der Waals surface area contributed by atoms with Crippen molar-refractivity contribution in [3.05, 3.63) is 0 Å². The molecule has 2 amide bonds. The first-order valence-corrected chi connectivity index (χ1v) is 5.24. The lowest BCUT2D eigenvalue weighted by molar-refractivity contribution is -0.135. The third-order valence-corrected chi connectivity index (χ3v) is 2.57. The Balaban J connectivity index is 2.48. The van der Waals surface area contributed by atoms with E-state index >= 15 is 0 Å². The molecule has 86 valence electrons. The lowest BCUT2D eigenvalue weighted by Gasteiger charge is -2.31. The van der Waals surface area contributed by atoms with Crippen LogP contribution in [0.3, 0.4) is 0 Å². The van der Waals surface area contributed by atoms with Crippen LogP contribution in [0.5, 0.6) is 0 Å². The Labute approximate surface area is 90.4 Å². The second-order valence-corrected chi connectivity index (χ2v) is 4.17. The number of carbonyl (C=O) groups is 2. The number of likely N-dealkylation sites (tertiary alicyclic amines) is 1. The summed E-state index contributed by atoms with van der Waals surface area (Å²) in [4.78, 5) is 24.6. The summed E-state index contributed by atoms with van der Waals surface area (Å²) in [5.41, 5.74) is 2.73. The summed E-state index contributed by atoms with van der Waals surface area (Å²) in [5.74, 6) is -0.00615. The highest BCUT2D eigenvalue weighted by atomic mass is 16.2. The van der Waals surface area contributed by atoms with Gasteiger partial charge in [-0.05, 0) is 12.8 Å². The van der Waals surface area contributed by atoms with Gasteiger partial charge in [-0.1, -0.05) is 0 Å². The van der Waals surface area contributed by atoms with E-state index in [1.54, 1.807) is 30.9 Å². The zero-order valence-corrected chi connectivity index (χ0v) is 9.62. The Morgan fingerprint density at radius 1 is 1.40 bits per heavy atom. The Hall–Kier alpha value is -1.10. The molecule has 0 saturated carbocycles. The van der Waals surface area contributed by atoms with E-state index in [4.69, 9.17) is 0 Å². The number of piperidine rings is 1. The van der Waals surface area contributed by atoms with E-state index in [2.05, 4.69) is 5.43 Å². The smallest absolute Gasteiger partial charge is 0.239 e. The van der Waals surface area contributed by atoms with Crippen molar-refractivity contribution >= 4 is 11.8 Å². The van der Waals surface area contributed by atoms with Crippen molar-refractivity contribution in [3.63, 3.8) is 0 Å². The van der Waals surface area contributed by atoms with E-state index in [1.165, 1.54) is 0 Å². The molecule has 1 saturated heterocycles. The maximum atomic E-state index is 11.7. The molecule has 1 aliphatic heterocycles. The zero-order chi connectivity index (χ0) is 11.4. The Morgan fingerprint density at radius 3 is 2.60 bits per heavy atom. The van der Waals surface area contributed by atoms with Gasteiger partial charge in [0.2, 0.25) is 11.8 Å². The van der Waals surface area contributed by atoms with Crippen LogP contribution in [0.25, 0.3) is 0 Å². The number of hydrogen-bond acceptors (Lipinski definition) is 3. The normalized spacial score (nSPS) is 21.6. The monoisotopic (exact) mass is 213 g/mol. The van der Waals surface area contributed by atoms with Crippen LogP contribution in [-0.4, -0.2) is 48.9 Å². The fourth-order valence-corrected chi connectivity index (χ4v) is 1.79. The summed E-state index contributed by atoms with van der Waals surface area (Å²) < 4.78 is 0. The Kier molecular flexibility index (Phi) is 4.08. The van der Waals surface area contributed by atoms with Crippen molar-refractivity contribution in [1.82, 2.24) is 15.3 Å². The number of hydrogen-bond donors (Lipinski definition) is 1. The minimum Gasteiger partial charge on any atom is -0.342 e. The van der Waals surface area contributed by atoms with Crippen LogP contribution < -0.4 is 5.43 Å². The minimum atomic E-state index is -0.0648. The lowest BCUT2D eigenvalue weighted by Crippen LogP contribution is -2.47. The second kappa shape index (κ2) is 5.11. The molecular weight excluding hydrogens is 194 g/mol. The van der Waals surface area contributed by atoms with Crippen LogP contribution in [0.4, 0.5) is 0 Å². The van der Waals surface area contributed by atoms with Gasteiger partial charge in [-0.25, -0.2) is 5.01 Å². The lowest BCUT2D eigenvalue weighted by atomic mass is 9.97. The van der Waals surface area contributed by atoms with Crippen LogP contribution in [0.15, 0.2) is 0 Å². The van der Waals surface area contributed by atoms with E-state index in [0.717, 1.165) is 19.4 Å². The molecule has 0 aromatic heterocycles. The summed E-state index contributed by atoms with van der Waals surface area (Å²) in [5, 5.41) is 1.63. The molecule has 1 aliphatic rings. The largest absolute Gasteiger partial charge is 0.342 e. The highest BCUT2D eigenvalue weighted by molar-refractivity contribution is 5.80. The molecule has 0 aromatic carbocycles. The van der Waals surface area contributed by atoms with Crippen LogP contribution in [0, 0.1) is 5.92 Å². The number of carbonyl (C=O) groups excluding carboxylic acids is 2. The SMILES string of the molecule is CC(=O)N1CCC[C@H](C(=O)NN(C)C)C1. The quantitative estimate of drug-likeness (QED) is 0.648. The third-order valence-electron chi connectivity index (χ3n) is 2.57. The standard InChI is InChI=1S/C10H19N3O2/c1-8(14)13-6-4-5-9(7-13)10(15)11-12(2)3/h9H,4-7H2,1-3H3,(H,11,15)/t9-/m0/s1. The number of amides is 2. The van der Waals surface area contributed by atoms with Gasteiger partial charge < -0.3 is 4.90 Å². The first kappa shape index (κ1) is 12.0. The molecule has 5 nitrogen and oxygen atoms in total. The van der Waals surface area contributed by atoms with Crippen LogP contribution in [-0.2, 0) is 9.59 Å². The van der Waals surface area contributed by atoms with Gasteiger partial charge in [-0.15, -0.1) is 0 Å². The molecule has 1 atom stereocenters. The topological polar surface area (TPSA) is 52.7 Å². The predicted octanol–water partition coefficient (Wildman–Crippen LogP) is -0.162. The van der Waals surface area contributed by atoms with Crippen molar-refractivity contribution in [2.75, 3.05) is 27.2 Å². The van der Waals surface area contributed by atoms with Crippen molar-refractivity contribution in [2.45, 2.75) is 19.8 Å². The molecule has 1 fully saturated rings.